The number of anilines is 1. The molecule has 0 aliphatic rings. The largest absolute Gasteiger partial charge is 0.389 e. The van der Waals surface area contributed by atoms with E-state index in [9.17, 15) is 0 Å². The van der Waals surface area contributed by atoms with Crippen molar-refractivity contribution in [2.45, 2.75) is 46.5 Å². The quantitative estimate of drug-likeness (QED) is 0.502. The maximum absolute atomic E-state index is 5.63. The van der Waals surface area contributed by atoms with Crippen molar-refractivity contribution in [1.29, 1.82) is 0 Å². The summed E-state index contributed by atoms with van der Waals surface area (Å²) in [6.45, 7) is 7.83. The van der Waals surface area contributed by atoms with Crippen LogP contribution in [0.1, 0.15) is 52.0 Å². The molecule has 1 aromatic carbocycles. The Morgan fingerprint density at radius 1 is 1.35 bits per heavy atom. The van der Waals surface area contributed by atoms with Gasteiger partial charge in [0.15, 0.2) is 0 Å². The molecule has 0 fully saturated rings. The lowest BCUT2D eigenvalue weighted by Crippen LogP contribution is -2.23. The number of thiocarbonyl (C=S) groups is 1. The van der Waals surface area contributed by atoms with Gasteiger partial charge in [-0.3, -0.25) is 0 Å². The van der Waals surface area contributed by atoms with Gasteiger partial charge in [0.05, 0.1) is 0 Å². The van der Waals surface area contributed by atoms with Crippen molar-refractivity contribution in [3.8, 4) is 0 Å². The molecule has 0 unspecified atom stereocenters. The Labute approximate surface area is 136 Å². The van der Waals surface area contributed by atoms with Crippen LogP contribution in [0.3, 0.4) is 0 Å². The second-order valence-electron chi connectivity index (χ2n) is 6.03. The second kappa shape index (κ2) is 7.99. The molecular formula is C16H25BrN2S. The zero-order chi connectivity index (χ0) is 15.2. The average molecular weight is 357 g/mol. The van der Waals surface area contributed by atoms with Crippen molar-refractivity contribution in [2.75, 3.05) is 11.9 Å². The third-order valence-electron chi connectivity index (χ3n) is 3.47. The first-order valence-electron chi connectivity index (χ1n) is 7.19. The second-order valence-corrected chi connectivity index (χ2v) is 7.33. The summed E-state index contributed by atoms with van der Waals surface area (Å²) < 4.78 is 1.01. The molecule has 0 saturated carbocycles. The Morgan fingerprint density at radius 2 is 2.05 bits per heavy atom. The topological polar surface area (TPSA) is 38.0 Å². The number of nitrogens with two attached hydrogens (primary N) is 1. The van der Waals surface area contributed by atoms with E-state index in [1.54, 1.807) is 0 Å². The van der Waals surface area contributed by atoms with E-state index in [1.165, 1.54) is 25.7 Å². The first-order chi connectivity index (χ1) is 9.35. The monoisotopic (exact) mass is 356 g/mol. The van der Waals surface area contributed by atoms with Gasteiger partial charge in [-0.1, -0.05) is 52.3 Å². The van der Waals surface area contributed by atoms with Crippen LogP contribution in [-0.4, -0.2) is 11.5 Å². The van der Waals surface area contributed by atoms with E-state index in [-0.39, 0.29) is 0 Å². The van der Waals surface area contributed by atoms with Crippen LogP contribution in [0.5, 0.6) is 0 Å². The Kier molecular flexibility index (Phi) is 6.96. The van der Waals surface area contributed by atoms with Gasteiger partial charge in [0.1, 0.15) is 4.99 Å². The highest BCUT2D eigenvalue weighted by Crippen LogP contribution is 2.28. The van der Waals surface area contributed by atoms with Gasteiger partial charge in [0.2, 0.25) is 0 Å². The highest BCUT2D eigenvalue weighted by Gasteiger charge is 2.17. The maximum Gasteiger partial charge on any atom is 0.104 e. The van der Waals surface area contributed by atoms with Crippen LogP contribution < -0.4 is 11.1 Å². The van der Waals surface area contributed by atoms with Crippen molar-refractivity contribution in [2.24, 2.45) is 11.1 Å². The standard InChI is InChI=1S/C16H25BrN2S/c1-4-5-6-9-16(2,3)11-19-14-8-7-12(15(18)20)10-13(14)17/h7-8,10,19H,4-6,9,11H2,1-3H3,(H2,18,20). The Morgan fingerprint density at radius 3 is 2.60 bits per heavy atom. The minimum atomic E-state index is 0.302. The van der Waals surface area contributed by atoms with Gasteiger partial charge in [0.25, 0.3) is 0 Å². The fourth-order valence-corrected chi connectivity index (χ4v) is 2.73. The maximum atomic E-state index is 5.63. The Bertz CT molecular complexity index is 458. The number of halogens is 1. The zero-order valence-corrected chi connectivity index (χ0v) is 15.0. The molecule has 0 aliphatic carbocycles. The van der Waals surface area contributed by atoms with Crippen molar-refractivity contribution >= 4 is 38.8 Å². The highest BCUT2D eigenvalue weighted by atomic mass is 79.9. The molecule has 0 heterocycles. The van der Waals surface area contributed by atoms with Gasteiger partial charge in [-0.2, -0.15) is 0 Å². The van der Waals surface area contributed by atoms with Crippen molar-refractivity contribution in [3.63, 3.8) is 0 Å². The lowest BCUT2D eigenvalue weighted by Gasteiger charge is -2.26. The first-order valence-corrected chi connectivity index (χ1v) is 8.39. The summed E-state index contributed by atoms with van der Waals surface area (Å²) in [5, 5.41) is 3.52. The highest BCUT2D eigenvalue weighted by molar-refractivity contribution is 9.10. The molecule has 2 nitrogen and oxygen atoms in total. The van der Waals surface area contributed by atoms with E-state index in [2.05, 4.69) is 42.0 Å². The molecule has 0 amide bonds. The van der Waals surface area contributed by atoms with Gasteiger partial charge in [0, 0.05) is 22.3 Å². The van der Waals surface area contributed by atoms with Gasteiger partial charge in [-0.15, -0.1) is 0 Å². The summed E-state index contributed by atoms with van der Waals surface area (Å²) in [7, 11) is 0. The molecule has 112 valence electrons. The fraction of sp³-hybridized carbons (Fsp3) is 0.562. The van der Waals surface area contributed by atoms with Crippen molar-refractivity contribution in [1.82, 2.24) is 0 Å². The molecule has 0 aliphatic heterocycles. The van der Waals surface area contributed by atoms with E-state index in [0.29, 0.717) is 10.4 Å². The van der Waals surface area contributed by atoms with Crippen molar-refractivity contribution in [3.05, 3.63) is 28.2 Å². The summed E-state index contributed by atoms with van der Waals surface area (Å²) in [6.07, 6.45) is 5.13. The number of nitrogens with one attached hydrogen (secondary N) is 1. The summed E-state index contributed by atoms with van der Waals surface area (Å²) in [4.78, 5) is 0.428. The van der Waals surface area contributed by atoms with Gasteiger partial charge < -0.3 is 11.1 Å². The van der Waals surface area contributed by atoms with Crippen LogP contribution in [-0.2, 0) is 0 Å². The zero-order valence-electron chi connectivity index (χ0n) is 12.6. The molecule has 1 rings (SSSR count). The van der Waals surface area contributed by atoms with Crippen LogP contribution in [0.25, 0.3) is 0 Å². The van der Waals surface area contributed by atoms with Crippen LogP contribution >= 0.6 is 28.1 Å². The lowest BCUT2D eigenvalue weighted by atomic mass is 9.87. The third-order valence-corrected chi connectivity index (χ3v) is 4.36. The number of rotatable bonds is 8. The molecule has 0 radical (unpaired) electrons. The molecule has 3 N–H and O–H groups in total. The number of hydrogen-bond acceptors (Lipinski definition) is 2. The smallest absolute Gasteiger partial charge is 0.104 e. The normalized spacial score (nSPS) is 11.4. The minimum absolute atomic E-state index is 0.302. The van der Waals surface area contributed by atoms with E-state index < -0.39 is 0 Å². The van der Waals surface area contributed by atoms with Crippen molar-refractivity contribution < 1.29 is 0 Å². The Hall–Kier alpha value is -0.610. The van der Waals surface area contributed by atoms with Crippen LogP contribution in [0.4, 0.5) is 5.69 Å². The third kappa shape index (κ3) is 5.80. The summed E-state index contributed by atoms with van der Waals surface area (Å²) in [6, 6.07) is 5.95. The predicted octanol–water partition coefficient (Wildman–Crippen LogP) is 5.10. The fourth-order valence-electron chi connectivity index (χ4n) is 2.09. The molecule has 0 aromatic heterocycles. The molecule has 1 aromatic rings. The average Bonchev–Trinajstić information content (AvgIpc) is 2.37. The molecular weight excluding hydrogens is 332 g/mol. The number of hydrogen-bond donors (Lipinski definition) is 2. The van der Waals surface area contributed by atoms with Gasteiger partial charge in [-0.25, -0.2) is 0 Å². The summed E-state index contributed by atoms with van der Waals surface area (Å²) >= 11 is 8.55. The van der Waals surface area contributed by atoms with Gasteiger partial charge in [-0.05, 0) is 46.0 Å². The van der Waals surface area contributed by atoms with Crippen LogP contribution in [0.15, 0.2) is 22.7 Å². The van der Waals surface area contributed by atoms with E-state index in [0.717, 1.165) is 22.3 Å². The number of benzene rings is 1. The summed E-state index contributed by atoms with van der Waals surface area (Å²) in [5.41, 5.74) is 7.92. The molecule has 20 heavy (non-hydrogen) atoms. The lowest BCUT2D eigenvalue weighted by molar-refractivity contribution is 0.342. The predicted molar refractivity (Wildman–Crippen MR) is 96.4 cm³/mol. The molecule has 0 bridgehead atoms. The van der Waals surface area contributed by atoms with Gasteiger partial charge >= 0.3 is 0 Å². The SMILES string of the molecule is CCCCCC(C)(C)CNc1ccc(C(N)=S)cc1Br. The molecule has 0 spiro atoms. The van der Waals surface area contributed by atoms with E-state index in [4.69, 9.17) is 18.0 Å². The minimum Gasteiger partial charge on any atom is -0.389 e. The van der Waals surface area contributed by atoms with E-state index >= 15 is 0 Å². The van der Waals surface area contributed by atoms with Crippen LogP contribution in [0, 0.1) is 5.41 Å². The van der Waals surface area contributed by atoms with E-state index in [1.807, 2.05) is 18.2 Å². The van der Waals surface area contributed by atoms with Crippen LogP contribution in [0.2, 0.25) is 0 Å². The summed E-state index contributed by atoms with van der Waals surface area (Å²) in [5.74, 6) is 0. The first kappa shape index (κ1) is 17.4. The molecule has 0 atom stereocenters. The number of unbranched alkanes of at least 4 members (excludes halogenated alkanes) is 2. The molecule has 4 heteroatoms. The Balaban J connectivity index is 2.58. The molecule has 0 saturated heterocycles.